The van der Waals surface area contributed by atoms with E-state index < -0.39 is 0 Å². The number of nitrogens with one attached hydrogen (secondary N) is 2. The molecule has 0 radical (unpaired) electrons. The van der Waals surface area contributed by atoms with E-state index in [0.29, 0.717) is 18.3 Å². The molecule has 0 atom stereocenters. The van der Waals surface area contributed by atoms with Crippen LogP contribution in [0.15, 0.2) is 24.5 Å². The molecule has 21 heavy (non-hydrogen) atoms. The highest BCUT2D eigenvalue weighted by Gasteiger charge is 2.21. The summed E-state index contributed by atoms with van der Waals surface area (Å²) in [5, 5.41) is 13.9. The summed E-state index contributed by atoms with van der Waals surface area (Å²) in [6.07, 6.45) is 4.32. The van der Waals surface area contributed by atoms with Gasteiger partial charge in [0.15, 0.2) is 5.69 Å². The van der Waals surface area contributed by atoms with Crippen molar-refractivity contribution in [2.75, 3.05) is 13.1 Å². The summed E-state index contributed by atoms with van der Waals surface area (Å²) in [6, 6.07) is 4.23. The molecule has 0 unspecified atom stereocenters. The molecule has 0 spiro atoms. The molecule has 1 aliphatic rings. The fourth-order valence-electron chi connectivity index (χ4n) is 2.23. The van der Waals surface area contributed by atoms with Crippen molar-refractivity contribution in [1.29, 1.82) is 0 Å². The first-order chi connectivity index (χ1) is 10.3. The van der Waals surface area contributed by atoms with Gasteiger partial charge in [-0.1, -0.05) is 18.2 Å². The zero-order chi connectivity index (χ0) is 14.7. The Balaban J connectivity index is 1.62. The van der Waals surface area contributed by atoms with Gasteiger partial charge in [0, 0.05) is 19.3 Å². The number of amides is 1. The highest BCUT2D eigenvalue weighted by Crippen LogP contribution is 2.10. The van der Waals surface area contributed by atoms with E-state index in [9.17, 15) is 4.79 Å². The summed E-state index contributed by atoms with van der Waals surface area (Å²) in [6.45, 7) is 4.22. The summed E-state index contributed by atoms with van der Waals surface area (Å²) >= 11 is 0. The van der Waals surface area contributed by atoms with Gasteiger partial charge < -0.3 is 10.6 Å². The summed E-state index contributed by atoms with van der Waals surface area (Å²) in [7, 11) is 0. The van der Waals surface area contributed by atoms with Crippen LogP contribution in [0.1, 0.15) is 34.7 Å². The highest BCUT2D eigenvalue weighted by atomic mass is 16.2. The Morgan fingerprint density at radius 2 is 2.38 bits per heavy atom. The maximum atomic E-state index is 12.1. The van der Waals surface area contributed by atoms with Crippen LogP contribution in [0, 0.1) is 0 Å². The first-order valence-corrected chi connectivity index (χ1v) is 7.11. The molecular weight excluding hydrogens is 268 g/mol. The van der Waals surface area contributed by atoms with Crippen LogP contribution in [0.5, 0.6) is 0 Å². The number of aryl methyl sites for hydroxylation is 1. The van der Waals surface area contributed by atoms with Gasteiger partial charge in [-0.15, -0.1) is 5.10 Å². The fourth-order valence-corrected chi connectivity index (χ4v) is 2.23. The van der Waals surface area contributed by atoms with Crippen LogP contribution in [-0.4, -0.2) is 39.0 Å². The average molecular weight is 286 g/mol. The van der Waals surface area contributed by atoms with Gasteiger partial charge in [0.1, 0.15) is 0 Å². The molecular formula is C14H18N6O. The van der Waals surface area contributed by atoms with Crippen LogP contribution >= 0.6 is 0 Å². The first-order valence-electron chi connectivity index (χ1n) is 7.11. The minimum atomic E-state index is -0.221. The van der Waals surface area contributed by atoms with E-state index in [-0.39, 0.29) is 5.91 Å². The molecule has 110 valence electrons. The molecule has 1 aliphatic heterocycles. The summed E-state index contributed by atoms with van der Waals surface area (Å²) in [4.78, 5) is 16.4. The van der Waals surface area contributed by atoms with Crippen molar-refractivity contribution >= 4 is 5.91 Å². The van der Waals surface area contributed by atoms with Crippen molar-refractivity contribution in [3.63, 3.8) is 0 Å². The molecule has 3 rings (SSSR count). The number of pyridine rings is 1. The second kappa shape index (κ2) is 6.01. The molecule has 0 aromatic carbocycles. The molecule has 0 aliphatic carbocycles. The molecule has 7 nitrogen and oxygen atoms in total. The number of carbonyl (C=O) groups is 1. The number of aromatic nitrogens is 4. The fraction of sp³-hybridized carbons (Fsp3) is 0.429. The lowest BCUT2D eigenvalue weighted by atomic mass is 10.1. The number of carbonyl (C=O) groups excluding carboxylic acids is 1. The number of nitrogens with zero attached hydrogens (tertiary/aromatic N) is 4. The van der Waals surface area contributed by atoms with Gasteiger partial charge in [0.2, 0.25) is 0 Å². The Bertz CT molecular complexity index is 634. The van der Waals surface area contributed by atoms with Gasteiger partial charge in [-0.25, -0.2) is 4.68 Å². The second-order valence-corrected chi connectivity index (χ2v) is 5.04. The number of rotatable bonds is 5. The predicted octanol–water partition coefficient (Wildman–Crippen LogP) is 0.310. The van der Waals surface area contributed by atoms with Gasteiger partial charge in [-0.05, 0) is 18.1 Å². The topological polar surface area (TPSA) is 84.7 Å². The molecule has 7 heteroatoms. The molecule has 1 fully saturated rings. The summed E-state index contributed by atoms with van der Waals surface area (Å²) in [5.41, 5.74) is 2.38. The van der Waals surface area contributed by atoms with Crippen LogP contribution in [0.4, 0.5) is 0 Å². The molecule has 0 bridgehead atoms. The van der Waals surface area contributed by atoms with E-state index in [1.807, 2.05) is 12.1 Å². The van der Waals surface area contributed by atoms with Gasteiger partial charge in [-0.2, -0.15) is 0 Å². The minimum Gasteiger partial charge on any atom is -0.345 e. The molecule has 2 aromatic heterocycles. The van der Waals surface area contributed by atoms with Crippen molar-refractivity contribution < 1.29 is 4.79 Å². The lowest BCUT2D eigenvalue weighted by Gasteiger charge is -2.26. The van der Waals surface area contributed by atoms with E-state index in [0.717, 1.165) is 30.8 Å². The van der Waals surface area contributed by atoms with Crippen LogP contribution < -0.4 is 10.6 Å². The predicted molar refractivity (Wildman–Crippen MR) is 76.7 cm³/mol. The Morgan fingerprint density at radius 1 is 1.52 bits per heavy atom. The first kappa shape index (κ1) is 13.7. The van der Waals surface area contributed by atoms with E-state index in [1.54, 1.807) is 17.1 Å². The minimum absolute atomic E-state index is 0.221. The normalized spacial score (nSPS) is 14.7. The maximum absolute atomic E-state index is 12.1. The molecule has 0 saturated carbocycles. The van der Waals surface area contributed by atoms with Gasteiger partial charge in [0.05, 0.1) is 24.5 Å². The molecule has 1 saturated heterocycles. The van der Waals surface area contributed by atoms with Gasteiger partial charge in [-0.3, -0.25) is 9.78 Å². The van der Waals surface area contributed by atoms with Crippen LogP contribution in [0.3, 0.4) is 0 Å². The zero-order valence-corrected chi connectivity index (χ0v) is 11.9. The quantitative estimate of drug-likeness (QED) is 0.826. The Hall–Kier alpha value is -2.28. The van der Waals surface area contributed by atoms with Crippen molar-refractivity contribution in [3.05, 3.63) is 41.5 Å². The van der Waals surface area contributed by atoms with Crippen molar-refractivity contribution in [2.45, 2.75) is 25.9 Å². The number of hydrogen-bond acceptors (Lipinski definition) is 5. The highest BCUT2D eigenvalue weighted by molar-refractivity contribution is 5.91. The Labute approximate surface area is 122 Å². The molecule has 2 N–H and O–H groups in total. The van der Waals surface area contributed by atoms with E-state index in [1.165, 1.54) is 0 Å². The van der Waals surface area contributed by atoms with E-state index in [4.69, 9.17) is 0 Å². The average Bonchev–Trinajstić information content (AvgIpc) is 2.92. The largest absolute Gasteiger partial charge is 0.345 e. The van der Waals surface area contributed by atoms with Gasteiger partial charge in [0.25, 0.3) is 5.91 Å². The van der Waals surface area contributed by atoms with E-state index in [2.05, 4.69) is 32.9 Å². The lowest BCUT2D eigenvalue weighted by Crippen LogP contribution is -2.43. The van der Waals surface area contributed by atoms with E-state index >= 15 is 0 Å². The second-order valence-electron chi connectivity index (χ2n) is 5.04. The van der Waals surface area contributed by atoms with Crippen LogP contribution in [-0.2, 0) is 13.0 Å². The van der Waals surface area contributed by atoms with Crippen LogP contribution in [0.2, 0.25) is 0 Å². The third kappa shape index (κ3) is 2.92. The molecule has 2 aromatic rings. The summed E-state index contributed by atoms with van der Waals surface area (Å²) < 4.78 is 1.74. The standard InChI is InChI=1S/C14H18N6O/c1-2-10-4-3-5-16-12(10)8-17-14(21)13-9-20(19-18-13)11-6-15-7-11/h3-5,9,11,15H,2,6-8H2,1H3,(H,17,21). The Morgan fingerprint density at radius 3 is 3.10 bits per heavy atom. The zero-order valence-electron chi connectivity index (χ0n) is 11.9. The van der Waals surface area contributed by atoms with Crippen molar-refractivity contribution in [1.82, 2.24) is 30.6 Å². The monoisotopic (exact) mass is 286 g/mol. The lowest BCUT2D eigenvalue weighted by molar-refractivity contribution is 0.0945. The van der Waals surface area contributed by atoms with Crippen molar-refractivity contribution in [2.24, 2.45) is 0 Å². The number of hydrogen-bond donors (Lipinski definition) is 2. The molecule has 1 amide bonds. The third-order valence-electron chi connectivity index (χ3n) is 3.66. The summed E-state index contributed by atoms with van der Waals surface area (Å²) in [5.74, 6) is -0.221. The maximum Gasteiger partial charge on any atom is 0.273 e. The smallest absolute Gasteiger partial charge is 0.273 e. The van der Waals surface area contributed by atoms with Crippen LogP contribution in [0.25, 0.3) is 0 Å². The SMILES string of the molecule is CCc1cccnc1CNC(=O)c1cn(C2CNC2)nn1. The molecule has 3 heterocycles. The third-order valence-corrected chi connectivity index (χ3v) is 3.66. The van der Waals surface area contributed by atoms with Gasteiger partial charge >= 0.3 is 0 Å². The Kier molecular flexibility index (Phi) is 3.92. The van der Waals surface area contributed by atoms with Crippen molar-refractivity contribution in [3.8, 4) is 0 Å².